The first-order chi connectivity index (χ1) is 20.5. The topological polar surface area (TPSA) is 85.9 Å². The van der Waals surface area contributed by atoms with E-state index in [9.17, 15) is 4.57 Å². The van der Waals surface area contributed by atoms with E-state index in [-0.39, 0.29) is 0 Å². The number of nitrogens with zero attached hydrogens (tertiary/aromatic N) is 5. The predicted molar refractivity (Wildman–Crippen MR) is 182 cm³/mol. The van der Waals surface area contributed by atoms with Crippen LogP contribution in [0.15, 0.2) is 34.9 Å². The summed E-state index contributed by atoms with van der Waals surface area (Å²) in [6.07, 6.45) is 4.70. The van der Waals surface area contributed by atoms with E-state index in [0.29, 0.717) is 50.3 Å². The minimum atomic E-state index is -2.58. The average Bonchev–Trinajstić information content (AvgIpc) is 3.44. The van der Waals surface area contributed by atoms with E-state index in [1.54, 1.807) is 19.5 Å². The van der Waals surface area contributed by atoms with Crippen LogP contribution in [0.3, 0.4) is 0 Å². The van der Waals surface area contributed by atoms with Crippen molar-refractivity contribution in [2.45, 2.75) is 25.3 Å². The summed E-state index contributed by atoms with van der Waals surface area (Å²) in [4.78, 5) is 16.5. The smallest absolute Gasteiger partial charge is 0.229 e. The number of hydrogen-bond acceptors (Lipinski definition) is 9. The normalized spacial score (nSPS) is 18.4. The second kappa shape index (κ2) is 12.7. The molecule has 0 unspecified atom stereocenters. The van der Waals surface area contributed by atoms with Crippen LogP contribution in [0.2, 0.25) is 10.0 Å². The van der Waals surface area contributed by atoms with E-state index < -0.39 is 7.14 Å². The largest absolute Gasteiger partial charge is 0.493 e. The molecule has 2 aromatic carbocycles. The Labute approximate surface area is 271 Å². The lowest BCUT2D eigenvalue weighted by Crippen LogP contribution is -2.52. The van der Waals surface area contributed by atoms with E-state index in [0.717, 1.165) is 80.8 Å². The van der Waals surface area contributed by atoms with Crippen molar-refractivity contribution in [2.75, 3.05) is 81.8 Å². The SMILES string of the molecule is CN1CCN(C2CCN(c3cc(Cl)c(Nc4ncc(Br)c(Nc5cc6c(cc5P(C)(C)=O)CCO6)n4)cc3Cl)CC2)CC1. The van der Waals surface area contributed by atoms with Crippen LogP contribution >= 0.6 is 46.3 Å². The molecule has 3 aromatic rings. The molecule has 3 aliphatic rings. The predicted octanol–water partition coefficient (Wildman–Crippen LogP) is 6.43. The van der Waals surface area contributed by atoms with Gasteiger partial charge in [0.2, 0.25) is 5.95 Å². The molecule has 0 atom stereocenters. The summed E-state index contributed by atoms with van der Waals surface area (Å²) in [5.41, 5.74) is 3.33. The molecule has 43 heavy (non-hydrogen) atoms. The van der Waals surface area contributed by atoms with Gasteiger partial charge in [0.15, 0.2) is 0 Å². The van der Waals surface area contributed by atoms with Crippen molar-refractivity contribution in [3.05, 3.63) is 50.5 Å². The molecule has 0 amide bonds. The Hall–Kier alpha value is -2.07. The Kier molecular flexibility index (Phi) is 9.16. The number of likely N-dealkylation sites (N-methyl/N-ethyl adjacent to an activating group) is 1. The van der Waals surface area contributed by atoms with E-state index >= 15 is 0 Å². The van der Waals surface area contributed by atoms with Crippen LogP contribution in [0, 0.1) is 0 Å². The van der Waals surface area contributed by atoms with E-state index in [2.05, 4.69) is 58.3 Å². The molecule has 4 heterocycles. The monoisotopic (exact) mass is 707 g/mol. The minimum absolute atomic E-state index is 0.347. The zero-order valence-corrected chi connectivity index (χ0v) is 28.7. The van der Waals surface area contributed by atoms with Gasteiger partial charge in [-0.05, 0) is 72.9 Å². The summed E-state index contributed by atoms with van der Waals surface area (Å²) in [7, 11) is -0.386. The van der Waals surface area contributed by atoms with Gasteiger partial charge in [-0.1, -0.05) is 23.2 Å². The quantitative estimate of drug-likeness (QED) is 0.270. The lowest BCUT2D eigenvalue weighted by molar-refractivity contribution is 0.0982. The molecule has 2 saturated heterocycles. The Morgan fingerprint density at radius 2 is 1.72 bits per heavy atom. The summed E-state index contributed by atoms with van der Waals surface area (Å²) in [6.45, 7) is 10.6. The Morgan fingerprint density at radius 3 is 2.44 bits per heavy atom. The minimum Gasteiger partial charge on any atom is -0.493 e. The summed E-state index contributed by atoms with van der Waals surface area (Å²) in [5, 5.41) is 8.51. The Bertz CT molecular complexity index is 1560. The molecule has 0 aliphatic carbocycles. The molecule has 1 aromatic heterocycles. The number of hydrogen-bond donors (Lipinski definition) is 2. The zero-order chi connectivity index (χ0) is 30.3. The van der Waals surface area contributed by atoms with Crippen molar-refractivity contribution in [2.24, 2.45) is 0 Å². The fraction of sp³-hybridized carbons (Fsp3) is 0.467. The molecule has 9 nitrogen and oxygen atoms in total. The number of anilines is 5. The van der Waals surface area contributed by atoms with Gasteiger partial charge < -0.3 is 29.7 Å². The summed E-state index contributed by atoms with van der Waals surface area (Å²) < 4.78 is 19.6. The maximum absolute atomic E-state index is 13.2. The zero-order valence-electron chi connectivity index (χ0n) is 24.7. The van der Waals surface area contributed by atoms with Gasteiger partial charge in [0.25, 0.3) is 0 Å². The number of fused-ring (bicyclic) bond motifs is 1. The number of piperidine rings is 1. The van der Waals surface area contributed by atoms with Crippen LogP contribution < -0.4 is 25.6 Å². The number of benzene rings is 2. The fourth-order valence-electron chi connectivity index (χ4n) is 6.05. The summed E-state index contributed by atoms with van der Waals surface area (Å²) in [5.74, 6) is 1.67. The van der Waals surface area contributed by atoms with E-state index in [1.807, 2.05) is 24.3 Å². The second-order valence-electron chi connectivity index (χ2n) is 11.9. The molecular formula is C30H37BrCl2N7O2P. The third kappa shape index (κ3) is 6.95. The fourth-order valence-corrected chi connectivity index (χ4v) is 8.00. The Balaban J connectivity index is 1.17. The molecule has 0 spiro atoms. The third-order valence-electron chi connectivity index (χ3n) is 8.53. The molecular weight excluding hydrogens is 672 g/mol. The maximum atomic E-state index is 13.2. The van der Waals surface area contributed by atoms with Gasteiger partial charge in [-0.3, -0.25) is 4.90 Å². The maximum Gasteiger partial charge on any atom is 0.229 e. The van der Waals surface area contributed by atoms with Gasteiger partial charge in [0.05, 0.1) is 38.2 Å². The number of ether oxygens (including phenoxy) is 1. The van der Waals surface area contributed by atoms with Crippen molar-refractivity contribution < 1.29 is 9.30 Å². The van der Waals surface area contributed by atoms with Gasteiger partial charge in [0.1, 0.15) is 18.7 Å². The lowest BCUT2D eigenvalue weighted by atomic mass is 10.0. The highest BCUT2D eigenvalue weighted by Crippen LogP contribution is 2.43. The number of rotatable bonds is 7. The van der Waals surface area contributed by atoms with Gasteiger partial charge in [0, 0.05) is 69.3 Å². The van der Waals surface area contributed by atoms with Gasteiger partial charge in [-0.15, -0.1) is 0 Å². The van der Waals surface area contributed by atoms with Crippen molar-refractivity contribution in [3.8, 4) is 5.75 Å². The molecule has 13 heteroatoms. The lowest BCUT2D eigenvalue weighted by Gasteiger charge is -2.42. The standard InChI is InChI=1S/C30H37BrCl2N7O2P/c1-38-9-11-39(12-10-38)20-4-7-40(8-5-20)26-16-22(32)24(15-23(26)33)36-30-34-18-21(31)29(37-30)35-25-17-27-19(6-13-42-27)14-28(25)43(2,3)41/h14-18,20H,4-13H2,1-3H3,(H2,34,35,36,37). The number of nitrogens with one attached hydrogen (secondary N) is 2. The molecule has 0 bridgehead atoms. The van der Waals surface area contributed by atoms with Gasteiger partial charge >= 0.3 is 0 Å². The highest BCUT2D eigenvalue weighted by molar-refractivity contribution is 9.10. The van der Waals surface area contributed by atoms with Crippen molar-refractivity contribution in [1.29, 1.82) is 0 Å². The first kappa shape index (κ1) is 30.9. The van der Waals surface area contributed by atoms with Gasteiger partial charge in [-0.25, -0.2) is 4.98 Å². The van der Waals surface area contributed by atoms with Crippen LogP contribution in [-0.2, 0) is 11.0 Å². The number of aromatic nitrogens is 2. The average molecular weight is 709 g/mol. The molecule has 2 N–H and O–H groups in total. The second-order valence-corrected chi connectivity index (χ2v) is 16.8. The Morgan fingerprint density at radius 1 is 0.977 bits per heavy atom. The molecule has 0 radical (unpaired) electrons. The molecule has 0 saturated carbocycles. The van der Waals surface area contributed by atoms with Crippen LogP contribution in [-0.4, -0.2) is 92.1 Å². The van der Waals surface area contributed by atoms with E-state index in [1.165, 1.54) is 0 Å². The van der Waals surface area contributed by atoms with Gasteiger partial charge in [-0.2, -0.15) is 4.98 Å². The number of piperazine rings is 1. The van der Waals surface area contributed by atoms with Crippen molar-refractivity contribution in [1.82, 2.24) is 19.8 Å². The molecule has 6 rings (SSSR count). The van der Waals surface area contributed by atoms with Crippen LogP contribution in [0.1, 0.15) is 18.4 Å². The summed E-state index contributed by atoms with van der Waals surface area (Å²) in [6, 6.07) is 8.28. The first-order valence-corrected chi connectivity index (χ1v) is 18.8. The van der Waals surface area contributed by atoms with Crippen LogP contribution in [0.25, 0.3) is 0 Å². The van der Waals surface area contributed by atoms with Crippen molar-refractivity contribution in [3.63, 3.8) is 0 Å². The highest BCUT2D eigenvalue weighted by Gasteiger charge is 2.28. The van der Waals surface area contributed by atoms with E-state index in [4.69, 9.17) is 27.9 Å². The molecule has 2 fully saturated rings. The summed E-state index contributed by atoms with van der Waals surface area (Å²) >= 11 is 17.1. The molecule has 3 aliphatic heterocycles. The number of halogens is 3. The molecule has 230 valence electrons. The van der Waals surface area contributed by atoms with Crippen LogP contribution in [0.5, 0.6) is 5.75 Å². The first-order valence-electron chi connectivity index (χ1n) is 14.6. The van der Waals surface area contributed by atoms with Crippen LogP contribution in [0.4, 0.5) is 28.8 Å². The van der Waals surface area contributed by atoms with Crippen molar-refractivity contribution >= 4 is 80.4 Å². The third-order valence-corrected chi connectivity index (χ3v) is 11.3. The highest BCUT2D eigenvalue weighted by atomic mass is 79.9.